The van der Waals surface area contributed by atoms with Crippen LogP contribution in [0.25, 0.3) is 0 Å². The van der Waals surface area contributed by atoms with Crippen LogP contribution in [0.1, 0.15) is 109 Å². The number of benzene rings is 7. The van der Waals surface area contributed by atoms with Crippen LogP contribution in [0.2, 0.25) is 10.0 Å². The fourth-order valence-electron chi connectivity index (χ4n) is 13.5. The van der Waals surface area contributed by atoms with Gasteiger partial charge in [-0.3, -0.25) is 33.6 Å². The molecule has 110 heavy (non-hydrogen) atoms. The van der Waals surface area contributed by atoms with E-state index in [9.17, 15) is 65.8 Å². The van der Waals surface area contributed by atoms with E-state index in [0.717, 1.165) is 13.0 Å². The van der Waals surface area contributed by atoms with Crippen LogP contribution in [-0.4, -0.2) is 190 Å². The Bertz CT molecular complexity index is 4660. The highest BCUT2D eigenvalue weighted by Gasteiger charge is 2.50. The molecule has 7 aromatic rings. The largest absolute Gasteiger partial charge is 0.508 e. The topological polar surface area (TPSA) is 476 Å². The maximum Gasteiger partial charge on any atom is 0.245 e. The third-order valence-corrected chi connectivity index (χ3v) is 19.9. The van der Waals surface area contributed by atoms with Crippen molar-refractivity contribution >= 4 is 64.3 Å². The van der Waals surface area contributed by atoms with Gasteiger partial charge in [-0.05, 0) is 151 Å². The van der Waals surface area contributed by atoms with Crippen molar-refractivity contribution in [3.63, 3.8) is 0 Å². The van der Waals surface area contributed by atoms with Gasteiger partial charge in [-0.15, -0.1) is 0 Å². The first-order valence-electron chi connectivity index (χ1n) is 34.9. The van der Waals surface area contributed by atoms with Crippen LogP contribution >= 0.6 is 23.2 Å². The van der Waals surface area contributed by atoms with E-state index in [2.05, 4.69) is 26.6 Å². The minimum Gasteiger partial charge on any atom is -0.508 e. The Balaban J connectivity index is 1.04. The summed E-state index contributed by atoms with van der Waals surface area (Å²) < 4.78 is 50.2. The number of hydrogen-bond donors (Lipinski definition) is 16. The summed E-state index contributed by atoms with van der Waals surface area (Å²) in [6.07, 6.45) is -20.7. The van der Waals surface area contributed by atoms with Crippen LogP contribution in [-0.2, 0) is 60.7 Å². The summed E-state index contributed by atoms with van der Waals surface area (Å²) in [5.41, 5.74) is 0.399. The number of phenolic OH excluding ortho intramolecular Hbond substituents is 4. The Labute approximate surface area is 637 Å². The van der Waals surface area contributed by atoms with Gasteiger partial charge < -0.3 is 121 Å². The lowest BCUT2D eigenvalue weighted by atomic mass is 9.86. The Hall–Kier alpha value is -10.4. The standard InChI is InChI=1S/C77H79Cl2N5O26/c1-32(2)103-71-58-23-41-24-59(71)107-56-14-9-39(21-50(56)79)70(110-76-63(81-34(4)87)67(96)65(94)60(30-85)108-76)64(75(102)80-29-36-15-43(89)25-45(16-36)105-77-69(98)68(97)66(95)61(31-86)109-77)84-73(100)47(37-6-10-42(88)11-7-37)28-54(93)62(41)83-74(101)48-27-53(92)51(18-35-5-13-55(106-58)49(78)17-35)82-72(99)33(3)38-8-12-52(91)57(22-38)104-46-20-40(48)19-44(90)26-46/h5-17,19-26,32-33,47-48,51,60-70,76-77,85-86,88-91,94-98H,18,27-31H2,1-4H3,(H,80,102)(H,81,87)(H,82,99)(H,83,101)(H,84,100). The number of carbonyl (C=O) groups is 7. The first-order valence-corrected chi connectivity index (χ1v) is 35.7. The number of aromatic hydroxyl groups is 4. The van der Waals surface area contributed by atoms with Gasteiger partial charge >= 0.3 is 0 Å². The maximum absolute atomic E-state index is 16.4. The molecule has 0 saturated carbocycles. The second-order valence-corrected chi connectivity index (χ2v) is 28.4. The number of phenols is 4. The quantitative estimate of drug-likeness (QED) is 0.0738. The predicted octanol–water partition coefficient (Wildman–Crippen LogP) is 4.78. The van der Waals surface area contributed by atoms with Gasteiger partial charge in [0.15, 0.2) is 40.9 Å². The second kappa shape index (κ2) is 33.4. The molecule has 13 bridgehead atoms. The molecule has 7 aliphatic rings. The molecule has 17 unspecified atom stereocenters. The van der Waals surface area contributed by atoms with Crippen molar-refractivity contribution in [1.29, 1.82) is 0 Å². The van der Waals surface area contributed by atoms with Crippen LogP contribution in [0.3, 0.4) is 0 Å². The highest BCUT2D eigenvalue weighted by atomic mass is 35.5. The van der Waals surface area contributed by atoms with Gasteiger partial charge in [0.25, 0.3) is 0 Å². The van der Waals surface area contributed by atoms with E-state index in [1.54, 1.807) is 26.8 Å². The molecule has 16 N–H and O–H groups in total. The van der Waals surface area contributed by atoms with Crippen molar-refractivity contribution in [3.8, 4) is 69.0 Å². The van der Waals surface area contributed by atoms with Crippen molar-refractivity contribution in [2.24, 2.45) is 0 Å². The maximum atomic E-state index is 16.4. The molecular formula is C77H79Cl2N5O26. The fraction of sp³-hybridized carbons (Fsp3) is 0.364. The zero-order valence-electron chi connectivity index (χ0n) is 59.1. The number of carbonyl (C=O) groups excluding carboxylic acids is 7. The zero-order valence-corrected chi connectivity index (χ0v) is 60.6. The van der Waals surface area contributed by atoms with Gasteiger partial charge in [-0.2, -0.15) is 0 Å². The van der Waals surface area contributed by atoms with E-state index in [4.69, 9.17) is 61.1 Å². The molecule has 2 saturated heterocycles. The minimum absolute atomic E-state index is 0.0241. The van der Waals surface area contributed by atoms with E-state index in [1.807, 2.05) is 0 Å². The van der Waals surface area contributed by atoms with Crippen molar-refractivity contribution in [2.45, 2.75) is 163 Å². The second-order valence-electron chi connectivity index (χ2n) is 27.6. The molecule has 33 heteroatoms. The highest BCUT2D eigenvalue weighted by molar-refractivity contribution is 6.32. The number of nitrogens with one attached hydrogen (secondary N) is 5. The van der Waals surface area contributed by atoms with Crippen molar-refractivity contribution < 1.29 is 128 Å². The molecule has 5 amide bonds. The number of amides is 5. The van der Waals surface area contributed by atoms with E-state index >= 15 is 24.0 Å². The average Bonchev–Trinajstić information content (AvgIpc) is 0.778. The van der Waals surface area contributed by atoms with E-state index in [0.29, 0.717) is 11.1 Å². The molecule has 7 heterocycles. The minimum atomic E-state index is -2.15. The average molecular weight is 1560 g/mol. The number of aliphatic hydroxyl groups is 7. The lowest BCUT2D eigenvalue weighted by Gasteiger charge is -2.44. The molecule has 7 aromatic carbocycles. The van der Waals surface area contributed by atoms with Crippen molar-refractivity contribution in [3.05, 3.63) is 176 Å². The van der Waals surface area contributed by atoms with Crippen LogP contribution in [0.15, 0.2) is 127 Å². The Morgan fingerprint density at radius 3 is 1.84 bits per heavy atom. The number of rotatable bonds is 13. The van der Waals surface area contributed by atoms with E-state index < -0.39 is 195 Å². The van der Waals surface area contributed by atoms with Crippen molar-refractivity contribution in [1.82, 2.24) is 26.6 Å². The van der Waals surface area contributed by atoms with Crippen LogP contribution < -0.4 is 50.3 Å². The SMILES string of the molecule is CC(=O)NC1C(OC2c3ccc(c(Cl)c3)Oc3cc4cc(c3OC(C)C)Oc3ccc(cc3Cl)CC3NC(=O)C(C)c5ccc(O)c(c5)Oc5cc(O)cc(c5)C(CC3=O)C(=O)NC4C(=O)CC(c3ccc(O)cc3)C(=O)NC2C(=O)NCc2cc(O)cc(OC3OC(CO)C(O)C(O)C3O)c2)OC(CO)C(O)C1O. The molecule has 7 aliphatic heterocycles. The number of Topliss-reactive ketones (excluding diaryl/α,β-unsaturated/α-hetero) is 2. The lowest BCUT2D eigenvalue weighted by Crippen LogP contribution is -2.65. The molecule has 0 aromatic heterocycles. The molecule has 17 atom stereocenters. The molecule has 0 radical (unpaired) electrons. The number of fused-ring (bicyclic) bond motifs is 15. The van der Waals surface area contributed by atoms with Crippen LogP contribution in [0.5, 0.6) is 69.0 Å². The third kappa shape index (κ3) is 17.6. The lowest BCUT2D eigenvalue weighted by molar-refractivity contribution is -0.284. The molecule has 0 aliphatic carbocycles. The van der Waals surface area contributed by atoms with E-state index in [1.165, 1.54) is 115 Å². The van der Waals surface area contributed by atoms with Gasteiger partial charge in [0.05, 0.1) is 53.2 Å². The fourth-order valence-corrected chi connectivity index (χ4v) is 14.0. The van der Waals surface area contributed by atoms with Gasteiger partial charge in [0.1, 0.15) is 107 Å². The summed E-state index contributed by atoms with van der Waals surface area (Å²) in [5.74, 6) is -14.3. The molecule has 2 fully saturated rings. The summed E-state index contributed by atoms with van der Waals surface area (Å²) in [4.78, 5) is 107. The molecule has 582 valence electrons. The normalized spacial score (nSPS) is 27.1. The van der Waals surface area contributed by atoms with Gasteiger partial charge in [0, 0.05) is 38.4 Å². The Kier molecular flexibility index (Phi) is 24.1. The number of aliphatic hydroxyl groups excluding tert-OH is 7. The number of halogens is 2. The first kappa shape index (κ1) is 79.2. The summed E-state index contributed by atoms with van der Waals surface area (Å²) >= 11 is 14.5. The Morgan fingerprint density at radius 1 is 0.564 bits per heavy atom. The third-order valence-electron chi connectivity index (χ3n) is 19.3. The molecule has 14 rings (SSSR count). The summed E-state index contributed by atoms with van der Waals surface area (Å²) in [7, 11) is 0. The predicted molar refractivity (Wildman–Crippen MR) is 385 cm³/mol. The Morgan fingerprint density at radius 2 is 1.17 bits per heavy atom. The smallest absolute Gasteiger partial charge is 0.245 e. The van der Waals surface area contributed by atoms with Crippen molar-refractivity contribution in [2.75, 3.05) is 13.2 Å². The monoisotopic (exact) mass is 1560 g/mol. The summed E-state index contributed by atoms with van der Waals surface area (Å²) in [6, 6.07) is 20.0. The van der Waals surface area contributed by atoms with Gasteiger partial charge in [0.2, 0.25) is 41.6 Å². The van der Waals surface area contributed by atoms with Gasteiger partial charge in [-0.1, -0.05) is 53.5 Å². The zero-order chi connectivity index (χ0) is 78.8. The van der Waals surface area contributed by atoms with Crippen LogP contribution in [0.4, 0.5) is 0 Å². The first-order chi connectivity index (χ1) is 52.4. The molecule has 0 spiro atoms. The summed E-state index contributed by atoms with van der Waals surface area (Å²) in [5, 5.41) is 133. The van der Waals surface area contributed by atoms with Crippen LogP contribution in [0, 0.1) is 0 Å². The number of hydrogen-bond acceptors (Lipinski definition) is 26. The summed E-state index contributed by atoms with van der Waals surface area (Å²) in [6.45, 7) is 3.62. The molecule has 31 nitrogen and oxygen atoms in total. The molecular weight excluding hydrogens is 1480 g/mol. The highest BCUT2D eigenvalue weighted by Crippen LogP contribution is 2.49. The number of ketones is 2. The van der Waals surface area contributed by atoms with E-state index in [-0.39, 0.29) is 102 Å². The number of ether oxygens (including phenoxy) is 8. The van der Waals surface area contributed by atoms with Gasteiger partial charge in [-0.25, -0.2) is 0 Å².